The summed E-state index contributed by atoms with van der Waals surface area (Å²) < 4.78 is 13.6. The number of furan rings is 2. The topological polar surface area (TPSA) is 65.0 Å². The largest absolute Gasteiger partial charge is 0.455 e. The van der Waals surface area contributed by atoms with Crippen LogP contribution in [0.1, 0.15) is 0 Å². The van der Waals surface area contributed by atoms with Crippen LogP contribution in [0.3, 0.4) is 0 Å². The van der Waals surface area contributed by atoms with Crippen molar-refractivity contribution >= 4 is 43.9 Å². The smallest absolute Gasteiger partial charge is 0.164 e. The zero-order chi connectivity index (χ0) is 37.0. The average molecular weight is 718 g/mol. The van der Waals surface area contributed by atoms with E-state index in [1.54, 1.807) is 0 Å². The summed E-state index contributed by atoms with van der Waals surface area (Å²) in [6, 6.07) is 64.5. The number of nitrogens with zero attached hydrogens (tertiary/aromatic N) is 3. The maximum atomic E-state index is 6.85. The first kappa shape index (κ1) is 31.9. The monoisotopic (exact) mass is 717 g/mol. The molecule has 0 aliphatic carbocycles. The van der Waals surface area contributed by atoms with E-state index in [2.05, 4.69) is 103 Å². The minimum Gasteiger partial charge on any atom is -0.455 e. The van der Waals surface area contributed by atoms with Gasteiger partial charge in [-0.2, -0.15) is 0 Å². The molecule has 0 saturated heterocycles. The Labute approximate surface area is 322 Å². The number of rotatable bonds is 6. The van der Waals surface area contributed by atoms with Gasteiger partial charge in [0.25, 0.3) is 0 Å². The van der Waals surface area contributed by atoms with Crippen LogP contribution < -0.4 is 0 Å². The molecule has 5 heteroatoms. The van der Waals surface area contributed by atoms with Crippen LogP contribution in [-0.2, 0) is 0 Å². The van der Waals surface area contributed by atoms with Gasteiger partial charge < -0.3 is 8.83 Å². The molecule has 8 aromatic carbocycles. The average Bonchev–Trinajstić information content (AvgIpc) is 3.86. The van der Waals surface area contributed by atoms with Gasteiger partial charge in [-0.05, 0) is 52.6 Å². The maximum Gasteiger partial charge on any atom is 0.164 e. The van der Waals surface area contributed by atoms with Crippen LogP contribution in [0.2, 0.25) is 0 Å². The minimum absolute atomic E-state index is 0.582. The van der Waals surface area contributed by atoms with Gasteiger partial charge in [-0.25, -0.2) is 15.0 Å². The first-order valence-electron chi connectivity index (χ1n) is 18.7. The lowest BCUT2D eigenvalue weighted by Gasteiger charge is -2.10. The number of hydrogen-bond acceptors (Lipinski definition) is 5. The van der Waals surface area contributed by atoms with Crippen LogP contribution in [0.4, 0.5) is 0 Å². The van der Waals surface area contributed by atoms with Crippen molar-refractivity contribution in [3.05, 3.63) is 188 Å². The second kappa shape index (κ2) is 13.0. The minimum atomic E-state index is 0.582. The molecule has 0 unspecified atom stereocenters. The maximum absolute atomic E-state index is 6.85. The van der Waals surface area contributed by atoms with Gasteiger partial charge in [0.15, 0.2) is 17.5 Å². The summed E-state index contributed by atoms with van der Waals surface area (Å²) in [6.45, 7) is 0. The van der Waals surface area contributed by atoms with E-state index in [1.165, 1.54) is 5.56 Å². The lowest BCUT2D eigenvalue weighted by atomic mass is 9.92. The first-order chi connectivity index (χ1) is 27.7. The first-order valence-corrected chi connectivity index (χ1v) is 18.7. The van der Waals surface area contributed by atoms with E-state index in [-0.39, 0.29) is 0 Å². The molecule has 0 spiro atoms. The molecule has 5 nitrogen and oxygen atoms in total. The number of benzene rings is 8. The lowest BCUT2D eigenvalue weighted by molar-refractivity contribution is 0.669. The highest BCUT2D eigenvalue weighted by Crippen LogP contribution is 2.45. The van der Waals surface area contributed by atoms with Gasteiger partial charge in [0.05, 0.1) is 0 Å². The Morgan fingerprint density at radius 1 is 0.286 bits per heavy atom. The molecular weight excluding hydrogens is 687 g/mol. The molecule has 0 saturated carbocycles. The van der Waals surface area contributed by atoms with Gasteiger partial charge in [-0.15, -0.1) is 0 Å². The van der Waals surface area contributed by atoms with E-state index < -0.39 is 0 Å². The summed E-state index contributed by atoms with van der Waals surface area (Å²) in [5.41, 5.74) is 12.5. The van der Waals surface area contributed by atoms with Crippen LogP contribution >= 0.6 is 0 Å². The van der Waals surface area contributed by atoms with Crippen molar-refractivity contribution in [3.63, 3.8) is 0 Å². The predicted octanol–water partition coefficient (Wildman–Crippen LogP) is 13.7. The Kier molecular flexibility index (Phi) is 7.42. The Bertz CT molecular complexity index is 3180. The summed E-state index contributed by atoms with van der Waals surface area (Å²) in [6.07, 6.45) is 0. The molecule has 0 radical (unpaired) electrons. The molecule has 3 heterocycles. The Morgan fingerprint density at radius 2 is 0.839 bits per heavy atom. The molecule has 11 rings (SSSR count). The second-order valence-electron chi connectivity index (χ2n) is 13.9. The van der Waals surface area contributed by atoms with E-state index in [9.17, 15) is 0 Å². The summed E-state index contributed by atoms with van der Waals surface area (Å²) >= 11 is 0. The molecule has 262 valence electrons. The molecule has 0 fully saturated rings. The van der Waals surface area contributed by atoms with Crippen molar-refractivity contribution in [2.75, 3.05) is 0 Å². The Balaban J connectivity index is 1.07. The highest BCUT2D eigenvalue weighted by atomic mass is 16.3. The van der Waals surface area contributed by atoms with E-state index in [0.717, 1.165) is 88.4 Å². The summed E-state index contributed by atoms with van der Waals surface area (Å²) in [5, 5.41) is 4.18. The van der Waals surface area contributed by atoms with Gasteiger partial charge >= 0.3 is 0 Å². The van der Waals surface area contributed by atoms with Crippen molar-refractivity contribution in [2.24, 2.45) is 0 Å². The molecular formula is C51H31N3O2. The molecule has 0 aliphatic rings. The van der Waals surface area contributed by atoms with Gasteiger partial charge in [0.1, 0.15) is 22.3 Å². The molecule has 0 bridgehead atoms. The zero-order valence-electron chi connectivity index (χ0n) is 30.1. The number of fused-ring (bicyclic) bond motifs is 6. The molecule has 11 aromatic rings. The molecule has 0 atom stereocenters. The third-order valence-corrected chi connectivity index (χ3v) is 10.6. The van der Waals surface area contributed by atoms with E-state index >= 15 is 0 Å². The Hall–Kier alpha value is -7.63. The van der Waals surface area contributed by atoms with Gasteiger partial charge in [-0.1, -0.05) is 158 Å². The van der Waals surface area contributed by atoms with E-state index in [4.69, 9.17) is 23.8 Å². The fourth-order valence-corrected chi connectivity index (χ4v) is 7.86. The number of hydrogen-bond donors (Lipinski definition) is 0. The fourth-order valence-electron chi connectivity index (χ4n) is 7.86. The predicted molar refractivity (Wildman–Crippen MR) is 227 cm³/mol. The quantitative estimate of drug-likeness (QED) is 0.171. The summed E-state index contributed by atoms with van der Waals surface area (Å²) in [4.78, 5) is 14.8. The molecule has 56 heavy (non-hydrogen) atoms. The Morgan fingerprint density at radius 3 is 1.57 bits per heavy atom. The normalized spacial score (nSPS) is 11.6. The van der Waals surface area contributed by atoms with Gasteiger partial charge in [-0.3, -0.25) is 0 Å². The van der Waals surface area contributed by atoms with Crippen LogP contribution in [0.15, 0.2) is 197 Å². The fraction of sp³-hybridized carbons (Fsp3) is 0. The molecule has 0 aliphatic heterocycles. The summed E-state index contributed by atoms with van der Waals surface area (Å²) in [5.74, 6) is 1.82. The van der Waals surface area contributed by atoms with Crippen LogP contribution in [-0.4, -0.2) is 15.0 Å². The molecule has 0 amide bonds. The van der Waals surface area contributed by atoms with Crippen LogP contribution in [0, 0.1) is 0 Å². The zero-order valence-corrected chi connectivity index (χ0v) is 30.1. The van der Waals surface area contributed by atoms with Crippen LogP contribution in [0.25, 0.3) is 111 Å². The highest BCUT2D eigenvalue weighted by molar-refractivity contribution is 6.19. The lowest BCUT2D eigenvalue weighted by Crippen LogP contribution is -2.00. The number of aromatic nitrogens is 3. The van der Waals surface area contributed by atoms with Gasteiger partial charge in [0, 0.05) is 49.4 Å². The summed E-state index contributed by atoms with van der Waals surface area (Å²) in [7, 11) is 0. The second-order valence-corrected chi connectivity index (χ2v) is 13.9. The van der Waals surface area contributed by atoms with Crippen molar-refractivity contribution < 1.29 is 8.83 Å². The van der Waals surface area contributed by atoms with Crippen molar-refractivity contribution in [1.82, 2.24) is 15.0 Å². The molecule has 3 aromatic heterocycles. The van der Waals surface area contributed by atoms with E-state index in [1.807, 2.05) is 84.9 Å². The van der Waals surface area contributed by atoms with E-state index in [0.29, 0.717) is 17.5 Å². The van der Waals surface area contributed by atoms with Crippen molar-refractivity contribution in [3.8, 4) is 67.5 Å². The third kappa shape index (κ3) is 5.37. The van der Waals surface area contributed by atoms with Crippen LogP contribution in [0.5, 0.6) is 0 Å². The van der Waals surface area contributed by atoms with Crippen molar-refractivity contribution in [2.45, 2.75) is 0 Å². The third-order valence-electron chi connectivity index (χ3n) is 10.6. The number of para-hydroxylation sites is 2. The van der Waals surface area contributed by atoms with Gasteiger partial charge in [0.2, 0.25) is 0 Å². The highest BCUT2D eigenvalue weighted by Gasteiger charge is 2.21. The SMILES string of the molecule is c1ccc(-c2cccc(-c3ccc(-c4cccc5c4oc4cc(-c6nc(-c7ccccc7)nc(-c7ccccc7)n6)ccc45)c4c3oc3ccccc34)c2)cc1. The van der Waals surface area contributed by atoms with Crippen molar-refractivity contribution in [1.29, 1.82) is 0 Å². The molecule has 0 N–H and O–H groups in total. The standard InChI is InChI=1S/C51H31N3O2/c1-4-14-32(15-5-1)35-20-12-21-36(30-35)38-28-29-40(46-43-22-10-11-25-44(43)55-48(38)46)42-24-13-23-41-39-27-26-37(31-45(39)56-47(41)42)51-53-49(33-16-6-2-7-17-33)52-50(54-51)34-18-8-3-9-19-34/h1-31H.